The lowest BCUT2D eigenvalue weighted by molar-refractivity contribution is 0.445. The molecule has 2 heterocycles. The first-order valence-electron chi connectivity index (χ1n) is 6.43. The highest BCUT2D eigenvalue weighted by Crippen LogP contribution is 2.30. The maximum Gasteiger partial charge on any atom is 0.157 e. The predicted octanol–water partition coefficient (Wildman–Crippen LogP) is 4.29. The molecule has 18 heavy (non-hydrogen) atoms. The van der Waals surface area contributed by atoms with Crippen LogP contribution in [0.5, 0.6) is 0 Å². The largest absolute Gasteiger partial charge is 0.360 e. The molecule has 2 rings (SSSR count). The molecule has 1 unspecified atom stereocenters. The minimum atomic E-state index is 0.184. The van der Waals surface area contributed by atoms with Gasteiger partial charge in [0.15, 0.2) is 5.17 Å². The van der Waals surface area contributed by atoms with E-state index in [0.29, 0.717) is 0 Å². The Bertz CT molecular complexity index is 460. The lowest BCUT2D eigenvalue weighted by atomic mass is 10.0. The summed E-state index contributed by atoms with van der Waals surface area (Å²) in [6.07, 6.45) is 1.20. The number of aliphatic imine (C=N–C) groups is 1. The van der Waals surface area contributed by atoms with Crippen LogP contribution in [0.25, 0.3) is 0 Å². The third kappa shape index (κ3) is 3.29. The second kappa shape index (κ2) is 5.25. The molecule has 1 aliphatic heterocycles. The Morgan fingerprint density at radius 3 is 2.67 bits per heavy atom. The number of amidine groups is 1. The van der Waals surface area contributed by atoms with Crippen molar-refractivity contribution in [1.82, 2.24) is 5.32 Å². The molecule has 1 fully saturated rings. The van der Waals surface area contributed by atoms with E-state index in [4.69, 9.17) is 4.99 Å². The van der Waals surface area contributed by atoms with Crippen LogP contribution in [-0.2, 0) is 0 Å². The molecule has 1 aliphatic rings. The first-order chi connectivity index (χ1) is 8.37. The molecular weight excluding hydrogens is 260 g/mol. The average molecular weight is 282 g/mol. The Labute approximate surface area is 118 Å². The van der Waals surface area contributed by atoms with Gasteiger partial charge in [0, 0.05) is 21.0 Å². The van der Waals surface area contributed by atoms with Crippen molar-refractivity contribution in [3.05, 3.63) is 21.4 Å². The van der Waals surface area contributed by atoms with Crippen molar-refractivity contribution >= 4 is 28.3 Å². The van der Waals surface area contributed by atoms with Crippen LogP contribution in [0.2, 0.25) is 0 Å². The van der Waals surface area contributed by atoms with E-state index in [1.54, 1.807) is 0 Å². The van der Waals surface area contributed by atoms with E-state index in [2.05, 4.69) is 46.0 Å². The Hall–Kier alpha value is -0.480. The Morgan fingerprint density at radius 2 is 2.11 bits per heavy atom. The zero-order valence-electron chi connectivity index (χ0n) is 11.8. The molecule has 0 bridgehead atoms. The van der Waals surface area contributed by atoms with Gasteiger partial charge < -0.3 is 5.32 Å². The number of hydrogen-bond acceptors (Lipinski definition) is 3. The Balaban J connectivity index is 2.15. The second-order valence-electron chi connectivity index (χ2n) is 5.59. The van der Waals surface area contributed by atoms with Gasteiger partial charge in [-0.1, -0.05) is 11.8 Å². The first-order valence-corrected chi connectivity index (χ1v) is 8.23. The highest BCUT2D eigenvalue weighted by molar-refractivity contribution is 8.13. The molecule has 1 N–H and O–H groups in total. The van der Waals surface area contributed by atoms with Crippen molar-refractivity contribution in [2.45, 2.75) is 52.6 Å². The van der Waals surface area contributed by atoms with Gasteiger partial charge in [-0.2, -0.15) is 0 Å². The Morgan fingerprint density at radius 1 is 1.39 bits per heavy atom. The van der Waals surface area contributed by atoms with E-state index in [0.717, 1.165) is 10.9 Å². The number of nitrogens with one attached hydrogen (secondary N) is 1. The summed E-state index contributed by atoms with van der Waals surface area (Å²) in [5, 5.41) is 4.64. The molecule has 0 radical (unpaired) electrons. The predicted molar refractivity (Wildman–Crippen MR) is 83.9 cm³/mol. The highest BCUT2D eigenvalue weighted by Gasteiger charge is 2.24. The standard InChI is InChI=1S/C14H22N2S2/c1-9-8-12(11(3)18-9)10(2)15-13-16-14(4,5)6-7-17-13/h8,10H,6-7H2,1-5H3,(H,15,16). The smallest absolute Gasteiger partial charge is 0.157 e. The minimum absolute atomic E-state index is 0.184. The van der Waals surface area contributed by atoms with Crippen LogP contribution in [0.1, 0.15) is 48.6 Å². The van der Waals surface area contributed by atoms with Crippen molar-refractivity contribution in [1.29, 1.82) is 0 Å². The van der Waals surface area contributed by atoms with Crippen LogP contribution in [0.15, 0.2) is 11.1 Å². The maximum atomic E-state index is 4.85. The van der Waals surface area contributed by atoms with Gasteiger partial charge in [0.1, 0.15) is 0 Å². The fraction of sp³-hybridized carbons (Fsp3) is 0.643. The van der Waals surface area contributed by atoms with E-state index in [1.165, 1.54) is 21.7 Å². The minimum Gasteiger partial charge on any atom is -0.360 e. The Kier molecular flexibility index (Phi) is 4.07. The zero-order valence-corrected chi connectivity index (χ0v) is 13.5. The van der Waals surface area contributed by atoms with Crippen LogP contribution >= 0.6 is 23.1 Å². The van der Waals surface area contributed by atoms with Crippen molar-refractivity contribution in [3.63, 3.8) is 0 Å². The molecule has 2 nitrogen and oxygen atoms in total. The normalized spacial score (nSPS) is 22.8. The van der Waals surface area contributed by atoms with Gasteiger partial charge in [0.2, 0.25) is 0 Å². The summed E-state index contributed by atoms with van der Waals surface area (Å²) in [5.74, 6) is 1.16. The summed E-state index contributed by atoms with van der Waals surface area (Å²) in [5.41, 5.74) is 1.56. The zero-order chi connectivity index (χ0) is 13.3. The third-order valence-electron chi connectivity index (χ3n) is 3.25. The molecule has 0 amide bonds. The molecule has 1 aromatic rings. The SMILES string of the molecule is Cc1cc(C(C)N=C2NC(C)(C)CCS2)c(C)s1. The number of thiophene rings is 1. The molecule has 0 saturated carbocycles. The topological polar surface area (TPSA) is 24.4 Å². The lowest BCUT2D eigenvalue weighted by Gasteiger charge is -2.32. The molecule has 1 aromatic heterocycles. The van der Waals surface area contributed by atoms with Gasteiger partial charge in [0.25, 0.3) is 0 Å². The van der Waals surface area contributed by atoms with E-state index in [-0.39, 0.29) is 11.6 Å². The van der Waals surface area contributed by atoms with E-state index in [9.17, 15) is 0 Å². The first kappa shape index (κ1) is 13.9. The lowest BCUT2D eigenvalue weighted by Crippen LogP contribution is -2.46. The fourth-order valence-electron chi connectivity index (χ4n) is 2.17. The average Bonchev–Trinajstić information content (AvgIpc) is 2.56. The van der Waals surface area contributed by atoms with E-state index in [1.807, 2.05) is 23.1 Å². The summed E-state index contributed by atoms with van der Waals surface area (Å²) in [6, 6.07) is 2.52. The van der Waals surface area contributed by atoms with Gasteiger partial charge in [-0.25, -0.2) is 0 Å². The molecule has 100 valence electrons. The summed E-state index contributed by atoms with van der Waals surface area (Å²) >= 11 is 3.71. The number of hydrogen-bond donors (Lipinski definition) is 1. The van der Waals surface area contributed by atoms with Crippen molar-refractivity contribution < 1.29 is 0 Å². The van der Waals surface area contributed by atoms with Gasteiger partial charge in [-0.3, -0.25) is 4.99 Å². The number of aryl methyl sites for hydroxylation is 2. The molecule has 0 aromatic carbocycles. The van der Waals surface area contributed by atoms with Crippen LogP contribution in [0.4, 0.5) is 0 Å². The molecule has 0 aliphatic carbocycles. The summed E-state index contributed by atoms with van der Waals surface area (Å²) < 4.78 is 0. The number of thioether (sulfide) groups is 1. The molecular formula is C14H22N2S2. The van der Waals surface area contributed by atoms with Crippen LogP contribution in [-0.4, -0.2) is 16.5 Å². The third-order valence-corrected chi connectivity index (χ3v) is 5.12. The van der Waals surface area contributed by atoms with Gasteiger partial charge >= 0.3 is 0 Å². The van der Waals surface area contributed by atoms with Crippen molar-refractivity contribution in [2.24, 2.45) is 4.99 Å². The molecule has 0 spiro atoms. The quantitative estimate of drug-likeness (QED) is 0.875. The van der Waals surface area contributed by atoms with Crippen LogP contribution in [0.3, 0.4) is 0 Å². The molecule has 4 heteroatoms. The van der Waals surface area contributed by atoms with Gasteiger partial charge in [0.05, 0.1) is 6.04 Å². The van der Waals surface area contributed by atoms with Crippen molar-refractivity contribution in [2.75, 3.05) is 5.75 Å². The van der Waals surface area contributed by atoms with Gasteiger partial charge in [-0.05, 0) is 52.7 Å². The van der Waals surface area contributed by atoms with E-state index < -0.39 is 0 Å². The summed E-state index contributed by atoms with van der Waals surface area (Å²) in [4.78, 5) is 7.62. The fourth-order valence-corrected chi connectivity index (χ4v) is 4.57. The van der Waals surface area contributed by atoms with Crippen LogP contribution < -0.4 is 5.32 Å². The summed E-state index contributed by atoms with van der Waals surface area (Å²) in [7, 11) is 0. The highest BCUT2D eigenvalue weighted by atomic mass is 32.2. The molecule has 1 atom stereocenters. The monoisotopic (exact) mass is 282 g/mol. The van der Waals surface area contributed by atoms with Crippen molar-refractivity contribution in [3.8, 4) is 0 Å². The number of nitrogens with zero attached hydrogens (tertiary/aromatic N) is 1. The second-order valence-corrected chi connectivity index (χ2v) is 8.13. The van der Waals surface area contributed by atoms with E-state index >= 15 is 0 Å². The maximum absolute atomic E-state index is 4.85. The van der Waals surface area contributed by atoms with Crippen LogP contribution in [0, 0.1) is 13.8 Å². The van der Waals surface area contributed by atoms with Gasteiger partial charge in [-0.15, -0.1) is 11.3 Å². The molecule has 1 saturated heterocycles. The number of rotatable bonds is 2. The summed E-state index contributed by atoms with van der Waals surface area (Å²) in [6.45, 7) is 11.0.